The van der Waals surface area contributed by atoms with Gasteiger partial charge in [-0.3, -0.25) is 9.88 Å². The zero-order valence-corrected chi connectivity index (χ0v) is 14.6. The van der Waals surface area contributed by atoms with Crippen LogP contribution in [0.2, 0.25) is 0 Å². The Labute approximate surface area is 149 Å². The maximum absolute atomic E-state index is 10.3. The van der Waals surface area contributed by atoms with E-state index in [1.54, 1.807) is 19.4 Å². The van der Waals surface area contributed by atoms with Gasteiger partial charge in [-0.05, 0) is 29.7 Å². The smallest absolute Gasteiger partial charge is 0.161 e. The molecule has 0 radical (unpaired) electrons. The Hall–Kier alpha value is -2.37. The maximum Gasteiger partial charge on any atom is 0.161 e. The maximum atomic E-state index is 10.3. The van der Waals surface area contributed by atoms with Crippen molar-refractivity contribution in [3.8, 4) is 11.5 Å². The van der Waals surface area contributed by atoms with E-state index in [0.717, 1.165) is 37.3 Å². The van der Waals surface area contributed by atoms with Crippen molar-refractivity contribution in [3.63, 3.8) is 0 Å². The first-order valence-electron chi connectivity index (χ1n) is 8.57. The number of nitrogens with one attached hydrogen (secondary N) is 1. The number of nitrogens with zero attached hydrogens (tertiary/aromatic N) is 2. The van der Waals surface area contributed by atoms with Crippen LogP contribution in [0.3, 0.4) is 0 Å². The Morgan fingerprint density at radius 2 is 2.36 bits per heavy atom. The van der Waals surface area contributed by atoms with E-state index in [9.17, 15) is 5.11 Å². The fourth-order valence-corrected chi connectivity index (χ4v) is 3.36. The number of phenolic OH excluding ortho intramolecular Hbond substituents is 1. The van der Waals surface area contributed by atoms with Gasteiger partial charge in [-0.15, -0.1) is 6.58 Å². The van der Waals surface area contributed by atoms with Crippen molar-refractivity contribution >= 4 is 0 Å². The molecule has 1 aromatic carbocycles. The molecule has 2 N–H and O–H groups in total. The molecule has 1 fully saturated rings. The summed E-state index contributed by atoms with van der Waals surface area (Å²) in [6, 6.07) is 8.35. The minimum atomic E-state index is 0.204. The average molecular weight is 339 g/mol. The number of rotatable bonds is 6. The van der Waals surface area contributed by atoms with Crippen molar-refractivity contribution in [2.75, 3.05) is 26.7 Å². The summed E-state index contributed by atoms with van der Waals surface area (Å²) in [4.78, 5) is 6.70. The molecule has 25 heavy (non-hydrogen) atoms. The first-order valence-corrected chi connectivity index (χ1v) is 8.57. The largest absolute Gasteiger partial charge is 0.504 e. The van der Waals surface area contributed by atoms with E-state index in [-0.39, 0.29) is 11.8 Å². The van der Waals surface area contributed by atoms with Crippen LogP contribution in [0.5, 0.6) is 11.5 Å². The monoisotopic (exact) mass is 339 g/mol. The molecule has 132 valence electrons. The number of piperazine rings is 1. The van der Waals surface area contributed by atoms with Crippen molar-refractivity contribution < 1.29 is 9.84 Å². The number of pyridine rings is 1. The van der Waals surface area contributed by atoms with Crippen LogP contribution < -0.4 is 10.1 Å². The third-order valence-electron chi connectivity index (χ3n) is 4.61. The van der Waals surface area contributed by atoms with Crippen LogP contribution in [0.25, 0.3) is 0 Å². The lowest BCUT2D eigenvalue weighted by molar-refractivity contribution is 0.153. The van der Waals surface area contributed by atoms with Gasteiger partial charge in [0, 0.05) is 50.2 Å². The lowest BCUT2D eigenvalue weighted by Gasteiger charge is -2.36. The van der Waals surface area contributed by atoms with E-state index in [1.165, 1.54) is 5.56 Å². The lowest BCUT2D eigenvalue weighted by atomic mass is 10.0. The summed E-state index contributed by atoms with van der Waals surface area (Å²) in [6.07, 6.45) is 6.15. The summed E-state index contributed by atoms with van der Waals surface area (Å²) < 4.78 is 5.35. The van der Waals surface area contributed by atoms with E-state index >= 15 is 0 Å². The van der Waals surface area contributed by atoms with E-state index in [2.05, 4.69) is 27.8 Å². The van der Waals surface area contributed by atoms with Gasteiger partial charge in [0.15, 0.2) is 11.5 Å². The minimum absolute atomic E-state index is 0.204. The number of methoxy groups -OCH3 is 1. The molecule has 0 saturated carbocycles. The molecule has 1 aromatic heterocycles. The van der Waals surface area contributed by atoms with Gasteiger partial charge in [0.25, 0.3) is 0 Å². The highest BCUT2D eigenvalue weighted by Gasteiger charge is 2.24. The van der Waals surface area contributed by atoms with Crippen molar-refractivity contribution in [2.45, 2.75) is 19.0 Å². The number of benzene rings is 1. The van der Waals surface area contributed by atoms with Gasteiger partial charge in [-0.1, -0.05) is 18.2 Å². The van der Waals surface area contributed by atoms with Gasteiger partial charge in [0.2, 0.25) is 0 Å². The topological polar surface area (TPSA) is 57.6 Å². The second-order valence-corrected chi connectivity index (χ2v) is 6.28. The van der Waals surface area contributed by atoms with Crippen LogP contribution in [0, 0.1) is 0 Å². The molecular weight excluding hydrogens is 314 g/mol. The fourth-order valence-electron chi connectivity index (χ4n) is 3.36. The quantitative estimate of drug-likeness (QED) is 0.793. The second kappa shape index (κ2) is 8.14. The summed E-state index contributed by atoms with van der Waals surface area (Å²) in [5.74, 6) is 0.720. The normalized spacial score (nSPS) is 18.0. The Bertz CT molecular complexity index is 718. The molecule has 0 amide bonds. The Kier molecular flexibility index (Phi) is 5.68. The SMILES string of the molecule is C=CCc1cc(CN2CCNCC2c2cccnc2)cc(OC)c1O. The van der Waals surface area contributed by atoms with Crippen LogP contribution in [0.15, 0.2) is 49.3 Å². The highest BCUT2D eigenvalue weighted by Crippen LogP contribution is 2.33. The Balaban J connectivity index is 1.86. The first-order chi connectivity index (χ1) is 12.2. The Morgan fingerprint density at radius 1 is 1.48 bits per heavy atom. The molecule has 1 saturated heterocycles. The summed E-state index contributed by atoms with van der Waals surface area (Å²) in [7, 11) is 1.58. The second-order valence-electron chi connectivity index (χ2n) is 6.28. The number of ether oxygens (including phenoxy) is 1. The highest BCUT2D eigenvalue weighted by atomic mass is 16.5. The molecule has 5 heteroatoms. The van der Waals surface area contributed by atoms with Gasteiger partial charge >= 0.3 is 0 Å². The predicted octanol–water partition coefficient (Wildman–Crippen LogP) is 2.67. The Morgan fingerprint density at radius 3 is 3.08 bits per heavy atom. The van der Waals surface area contributed by atoms with Gasteiger partial charge in [-0.2, -0.15) is 0 Å². The van der Waals surface area contributed by atoms with Crippen molar-refractivity contribution in [3.05, 3.63) is 66.0 Å². The van der Waals surface area contributed by atoms with E-state index in [4.69, 9.17) is 4.74 Å². The van der Waals surface area contributed by atoms with Crippen LogP contribution >= 0.6 is 0 Å². The van der Waals surface area contributed by atoms with Crippen LogP contribution in [-0.4, -0.2) is 41.7 Å². The fraction of sp³-hybridized carbons (Fsp3) is 0.350. The molecule has 1 unspecified atom stereocenters. The van der Waals surface area contributed by atoms with E-state index in [0.29, 0.717) is 12.2 Å². The molecular formula is C20H25N3O2. The molecule has 1 aliphatic rings. The number of hydrogen-bond acceptors (Lipinski definition) is 5. The van der Waals surface area contributed by atoms with Crippen molar-refractivity contribution in [2.24, 2.45) is 0 Å². The summed E-state index contributed by atoms with van der Waals surface area (Å²) in [5.41, 5.74) is 3.19. The van der Waals surface area contributed by atoms with E-state index < -0.39 is 0 Å². The third kappa shape index (κ3) is 4.00. The summed E-state index contributed by atoms with van der Waals surface area (Å²) in [6.45, 7) is 7.39. The standard InChI is InChI=1S/C20H25N3O2/c1-3-5-16-10-15(11-19(25-2)20(16)24)14-23-9-8-22-13-18(23)17-6-4-7-21-12-17/h3-4,6-7,10-12,18,22,24H,1,5,8-9,13-14H2,2H3. The number of aromatic hydroxyl groups is 1. The summed E-state index contributed by atoms with van der Waals surface area (Å²) in [5, 5.41) is 13.7. The van der Waals surface area contributed by atoms with Crippen LogP contribution in [0.1, 0.15) is 22.7 Å². The first kappa shape index (κ1) is 17.5. The van der Waals surface area contributed by atoms with Gasteiger partial charge in [-0.25, -0.2) is 0 Å². The molecule has 2 heterocycles. The molecule has 0 aliphatic carbocycles. The van der Waals surface area contributed by atoms with Crippen LogP contribution in [0.4, 0.5) is 0 Å². The van der Waals surface area contributed by atoms with Gasteiger partial charge < -0.3 is 15.2 Å². The predicted molar refractivity (Wildman–Crippen MR) is 98.8 cm³/mol. The zero-order chi connectivity index (χ0) is 17.6. The number of hydrogen-bond donors (Lipinski definition) is 2. The molecule has 0 bridgehead atoms. The molecule has 0 spiro atoms. The molecule has 5 nitrogen and oxygen atoms in total. The molecule has 1 aliphatic heterocycles. The van der Waals surface area contributed by atoms with E-state index in [1.807, 2.05) is 24.4 Å². The summed E-state index contributed by atoms with van der Waals surface area (Å²) >= 11 is 0. The number of allylic oxidation sites excluding steroid dienone is 1. The third-order valence-corrected chi connectivity index (χ3v) is 4.61. The zero-order valence-electron chi connectivity index (χ0n) is 14.6. The van der Waals surface area contributed by atoms with Gasteiger partial charge in [0.1, 0.15) is 0 Å². The minimum Gasteiger partial charge on any atom is -0.504 e. The lowest BCUT2D eigenvalue weighted by Crippen LogP contribution is -2.45. The van der Waals surface area contributed by atoms with Crippen molar-refractivity contribution in [1.82, 2.24) is 15.2 Å². The number of aromatic nitrogens is 1. The molecule has 2 aromatic rings. The molecule has 3 rings (SSSR count). The molecule has 1 atom stereocenters. The van der Waals surface area contributed by atoms with Gasteiger partial charge in [0.05, 0.1) is 7.11 Å². The average Bonchev–Trinajstić information content (AvgIpc) is 2.65. The van der Waals surface area contributed by atoms with Crippen LogP contribution in [-0.2, 0) is 13.0 Å². The number of phenols is 1. The van der Waals surface area contributed by atoms with Crippen molar-refractivity contribution in [1.29, 1.82) is 0 Å². The highest BCUT2D eigenvalue weighted by molar-refractivity contribution is 5.49.